The van der Waals surface area contributed by atoms with Crippen molar-refractivity contribution in [1.29, 1.82) is 0 Å². The first-order valence-corrected chi connectivity index (χ1v) is 19.2. The molecule has 0 aliphatic heterocycles. The fraction of sp³-hybridized carbons (Fsp3) is 0. The van der Waals surface area contributed by atoms with Crippen LogP contribution in [-0.4, -0.2) is 15.0 Å². The average molecular weight is 746 g/mol. The van der Waals surface area contributed by atoms with E-state index in [0.29, 0.717) is 17.5 Å². The molecule has 0 fully saturated rings. The third-order valence-corrected chi connectivity index (χ3v) is 11.4. The van der Waals surface area contributed by atoms with E-state index >= 15 is 0 Å². The second-order valence-corrected chi connectivity index (χ2v) is 14.7. The third-order valence-electron chi connectivity index (χ3n) is 11.4. The Bertz CT molecular complexity index is 3700. The molecular weight excluding hydrogens is 719 g/mol. The monoisotopic (exact) mass is 745 g/mol. The van der Waals surface area contributed by atoms with Crippen molar-refractivity contribution >= 4 is 87.8 Å². The fourth-order valence-electron chi connectivity index (χ4n) is 8.55. The minimum atomic E-state index is 0.521. The molecular formula is C51H27N3O4. The van der Waals surface area contributed by atoms with E-state index in [2.05, 4.69) is 78.9 Å². The summed E-state index contributed by atoms with van der Waals surface area (Å²) in [4.78, 5) is 15.2. The van der Waals surface area contributed by atoms with Crippen molar-refractivity contribution in [1.82, 2.24) is 15.0 Å². The number of rotatable bonds is 4. The molecule has 58 heavy (non-hydrogen) atoms. The maximum atomic E-state index is 6.73. The van der Waals surface area contributed by atoms with Gasteiger partial charge in [-0.05, 0) is 72.3 Å². The van der Waals surface area contributed by atoms with Gasteiger partial charge < -0.3 is 17.7 Å². The van der Waals surface area contributed by atoms with Gasteiger partial charge in [0.05, 0.1) is 0 Å². The van der Waals surface area contributed by atoms with E-state index in [4.69, 9.17) is 32.6 Å². The Morgan fingerprint density at radius 2 is 0.603 bits per heavy atom. The van der Waals surface area contributed by atoms with Gasteiger partial charge in [-0.2, -0.15) is 0 Å². The summed E-state index contributed by atoms with van der Waals surface area (Å²) in [5.74, 6) is 1.58. The smallest absolute Gasteiger partial charge is 0.164 e. The number of para-hydroxylation sites is 4. The fourth-order valence-corrected chi connectivity index (χ4v) is 8.55. The van der Waals surface area contributed by atoms with E-state index in [1.807, 2.05) is 84.9 Å². The molecule has 0 aliphatic rings. The van der Waals surface area contributed by atoms with E-state index in [0.717, 1.165) is 116 Å². The van der Waals surface area contributed by atoms with E-state index in [1.165, 1.54) is 0 Å². The molecule has 0 atom stereocenters. The molecule has 13 aromatic rings. The van der Waals surface area contributed by atoms with Gasteiger partial charge in [0.2, 0.25) is 0 Å². The summed E-state index contributed by atoms with van der Waals surface area (Å²) in [5, 5.41) is 8.44. The third kappa shape index (κ3) is 4.64. The van der Waals surface area contributed by atoms with Crippen LogP contribution in [-0.2, 0) is 0 Å². The van der Waals surface area contributed by atoms with Gasteiger partial charge >= 0.3 is 0 Å². The highest BCUT2D eigenvalue weighted by Crippen LogP contribution is 2.40. The van der Waals surface area contributed by atoms with Crippen molar-refractivity contribution in [2.45, 2.75) is 0 Å². The van der Waals surface area contributed by atoms with Crippen LogP contribution in [0.1, 0.15) is 0 Å². The summed E-state index contributed by atoms with van der Waals surface area (Å²) < 4.78 is 25.5. The second-order valence-electron chi connectivity index (χ2n) is 14.7. The number of furan rings is 4. The van der Waals surface area contributed by atoms with E-state index in [1.54, 1.807) is 0 Å². The van der Waals surface area contributed by atoms with E-state index in [-0.39, 0.29) is 0 Å². The first kappa shape index (κ1) is 31.2. The van der Waals surface area contributed by atoms with Crippen molar-refractivity contribution in [3.05, 3.63) is 164 Å². The lowest BCUT2D eigenvalue weighted by Gasteiger charge is -2.08. The molecule has 0 amide bonds. The summed E-state index contributed by atoms with van der Waals surface area (Å²) in [6.07, 6.45) is 0. The number of hydrogen-bond donors (Lipinski definition) is 0. The predicted molar refractivity (Wildman–Crippen MR) is 231 cm³/mol. The lowest BCUT2D eigenvalue weighted by Crippen LogP contribution is -2.00. The molecule has 0 saturated carbocycles. The van der Waals surface area contributed by atoms with Gasteiger partial charge in [-0.15, -0.1) is 0 Å². The predicted octanol–water partition coefficient (Wildman–Crippen LogP) is 14.1. The largest absolute Gasteiger partial charge is 0.456 e. The minimum Gasteiger partial charge on any atom is -0.456 e. The van der Waals surface area contributed by atoms with Gasteiger partial charge in [0, 0.05) is 65.3 Å². The SMILES string of the molecule is c1ccc2c(c1)oc1cc(-c3nc(-c4ccc5c(c4)oc4ccccc45)nc(-c4ccc5c(c4)oc4c(-c6ccc7c(c6)oc6ccccc67)cccc45)n3)ccc12. The van der Waals surface area contributed by atoms with Crippen LogP contribution in [0, 0.1) is 0 Å². The first-order valence-electron chi connectivity index (χ1n) is 19.2. The van der Waals surface area contributed by atoms with Gasteiger partial charge in [0.25, 0.3) is 0 Å². The Labute approximate surface area is 328 Å². The van der Waals surface area contributed by atoms with Crippen LogP contribution < -0.4 is 0 Å². The highest BCUT2D eigenvalue weighted by Gasteiger charge is 2.19. The second kappa shape index (κ2) is 11.7. The summed E-state index contributed by atoms with van der Waals surface area (Å²) >= 11 is 0. The standard InChI is InChI=1S/C51H27N3O4/c1-4-13-41-33(8-1)36-20-16-28(24-44(36)55-41)32-11-7-12-40-39-23-19-31(27-47(39)58-48(32)40)51-53-49(29-17-21-37-34-9-2-5-14-42(34)56-45(37)25-29)52-50(54-51)30-18-22-38-35-10-3-6-15-43(35)57-46(38)26-30/h1-27H. The number of nitrogens with zero attached hydrogens (tertiary/aromatic N) is 3. The molecule has 0 saturated heterocycles. The molecule has 5 aromatic heterocycles. The normalized spacial score (nSPS) is 12.1. The maximum absolute atomic E-state index is 6.73. The van der Waals surface area contributed by atoms with Gasteiger partial charge in [-0.1, -0.05) is 97.1 Å². The lowest BCUT2D eigenvalue weighted by molar-refractivity contribution is 0.668. The lowest BCUT2D eigenvalue weighted by atomic mass is 10.0. The number of hydrogen-bond acceptors (Lipinski definition) is 7. The van der Waals surface area contributed by atoms with Crippen molar-refractivity contribution in [3.63, 3.8) is 0 Å². The van der Waals surface area contributed by atoms with Crippen LogP contribution in [0.2, 0.25) is 0 Å². The maximum Gasteiger partial charge on any atom is 0.164 e. The number of fused-ring (bicyclic) bond motifs is 12. The molecule has 5 heterocycles. The zero-order chi connectivity index (χ0) is 37.9. The number of aromatic nitrogens is 3. The summed E-state index contributed by atoms with van der Waals surface area (Å²) in [7, 11) is 0. The Hall–Kier alpha value is -8.03. The van der Waals surface area contributed by atoms with Crippen molar-refractivity contribution in [2.24, 2.45) is 0 Å². The summed E-state index contributed by atoms with van der Waals surface area (Å²) in [6, 6.07) is 55.3. The minimum absolute atomic E-state index is 0.521. The zero-order valence-electron chi connectivity index (χ0n) is 30.6. The average Bonchev–Trinajstić information content (AvgIpc) is 4.05. The molecule has 0 spiro atoms. The van der Waals surface area contributed by atoms with Gasteiger partial charge in [-0.25, -0.2) is 15.0 Å². The molecule has 0 N–H and O–H groups in total. The van der Waals surface area contributed by atoms with Crippen molar-refractivity contribution in [2.75, 3.05) is 0 Å². The zero-order valence-corrected chi connectivity index (χ0v) is 30.6. The molecule has 8 aromatic carbocycles. The topological polar surface area (TPSA) is 91.2 Å². The molecule has 13 rings (SSSR count). The molecule has 7 heteroatoms. The Balaban J connectivity index is 0.970. The Morgan fingerprint density at radius 3 is 1.07 bits per heavy atom. The summed E-state index contributed by atoms with van der Waals surface area (Å²) in [6.45, 7) is 0. The van der Waals surface area contributed by atoms with E-state index < -0.39 is 0 Å². The first-order chi connectivity index (χ1) is 28.7. The van der Waals surface area contributed by atoms with Crippen molar-refractivity contribution in [3.8, 4) is 45.3 Å². The van der Waals surface area contributed by atoms with Gasteiger partial charge in [0.15, 0.2) is 17.5 Å². The van der Waals surface area contributed by atoms with Crippen LogP contribution >= 0.6 is 0 Å². The molecule has 0 radical (unpaired) electrons. The molecule has 7 nitrogen and oxygen atoms in total. The van der Waals surface area contributed by atoms with Gasteiger partial charge in [0.1, 0.15) is 44.7 Å². The Kier molecular flexibility index (Phi) is 6.32. The van der Waals surface area contributed by atoms with Crippen LogP contribution in [0.5, 0.6) is 0 Å². The summed E-state index contributed by atoms with van der Waals surface area (Å²) in [5.41, 5.74) is 10.9. The molecule has 0 bridgehead atoms. The van der Waals surface area contributed by atoms with Crippen molar-refractivity contribution < 1.29 is 17.7 Å². The molecule has 0 aliphatic carbocycles. The highest BCUT2D eigenvalue weighted by molar-refractivity contribution is 6.12. The van der Waals surface area contributed by atoms with Crippen LogP contribution in [0.25, 0.3) is 133 Å². The highest BCUT2D eigenvalue weighted by atomic mass is 16.3. The van der Waals surface area contributed by atoms with E-state index in [9.17, 15) is 0 Å². The quantitative estimate of drug-likeness (QED) is 0.177. The van der Waals surface area contributed by atoms with Crippen LogP contribution in [0.4, 0.5) is 0 Å². The van der Waals surface area contributed by atoms with Crippen LogP contribution in [0.15, 0.2) is 181 Å². The Morgan fingerprint density at radius 1 is 0.259 bits per heavy atom. The molecule has 0 unspecified atom stereocenters. The number of benzene rings is 8. The molecule has 270 valence electrons. The van der Waals surface area contributed by atoms with Crippen LogP contribution in [0.3, 0.4) is 0 Å². The van der Waals surface area contributed by atoms with Gasteiger partial charge in [-0.3, -0.25) is 0 Å².